The summed E-state index contributed by atoms with van der Waals surface area (Å²) in [7, 11) is 0. The summed E-state index contributed by atoms with van der Waals surface area (Å²) < 4.78 is 0. The number of amides is 3. The molecular weight excluding hydrogens is 362 g/mol. The number of nitrogens with zero attached hydrogens (tertiary/aromatic N) is 2. The predicted molar refractivity (Wildman–Crippen MR) is 105 cm³/mol. The van der Waals surface area contributed by atoms with Crippen molar-refractivity contribution in [1.82, 2.24) is 15.1 Å². The second-order valence-corrected chi connectivity index (χ2v) is 7.49. The Kier molecular flexibility index (Phi) is 6.24. The van der Waals surface area contributed by atoms with E-state index in [0.717, 1.165) is 10.4 Å². The minimum absolute atomic E-state index is 0.0137. The minimum atomic E-state index is -0.593. The van der Waals surface area contributed by atoms with Crippen LogP contribution in [0, 0.1) is 0 Å². The third-order valence-electron chi connectivity index (χ3n) is 4.57. The zero-order valence-electron chi connectivity index (χ0n) is 15.3. The number of thiophene rings is 1. The van der Waals surface area contributed by atoms with E-state index in [1.54, 1.807) is 9.80 Å². The van der Waals surface area contributed by atoms with Crippen molar-refractivity contribution < 1.29 is 14.4 Å². The van der Waals surface area contributed by atoms with Gasteiger partial charge in [0.25, 0.3) is 5.91 Å². The second-order valence-electron chi connectivity index (χ2n) is 6.54. The van der Waals surface area contributed by atoms with E-state index < -0.39 is 6.04 Å². The molecule has 27 heavy (non-hydrogen) atoms. The quantitative estimate of drug-likeness (QED) is 0.853. The molecule has 6 nitrogen and oxygen atoms in total. The molecule has 0 unspecified atom stereocenters. The third-order valence-corrected chi connectivity index (χ3v) is 5.43. The third kappa shape index (κ3) is 4.95. The van der Waals surface area contributed by atoms with E-state index in [4.69, 9.17) is 0 Å². The molecule has 2 heterocycles. The summed E-state index contributed by atoms with van der Waals surface area (Å²) in [5.74, 6) is -0.312. The first kappa shape index (κ1) is 19.1. The molecule has 0 saturated carbocycles. The highest BCUT2D eigenvalue weighted by Gasteiger charge is 2.30. The fourth-order valence-electron chi connectivity index (χ4n) is 3.20. The summed E-state index contributed by atoms with van der Waals surface area (Å²) in [4.78, 5) is 41.2. The first-order valence-corrected chi connectivity index (χ1v) is 9.85. The van der Waals surface area contributed by atoms with Gasteiger partial charge in [-0.25, -0.2) is 0 Å². The van der Waals surface area contributed by atoms with Gasteiger partial charge >= 0.3 is 0 Å². The maximum atomic E-state index is 13.0. The van der Waals surface area contributed by atoms with Crippen LogP contribution in [0.25, 0.3) is 0 Å². The lowest BCUT2D eigenvalue weighted by molar-refractivity contribution is -0.137. The topological polar surface area (TPSA) is 69.7 Å². The zero-order valence-corrected chi connectivity index (χ0v) is 16.1. The van der Waals surface area contributed by atoms with Crippen molar-refractivity contribution in [1.29, 1.82) is 0 Å². The molecule has 1 aromatic heterocycles. The predicted octanol–water partition coefficient (Wildman–Crippen LogP) is 1.78. The normalized spacial score (nSPS) is 15.3. The first-order chi connectivity index (χ1) is 13.0. The Labute approximate surface area is 162 Å². The molecule has 1 aliphatic rings. The molecule has 3 amide bonds. The molecule has 1 N–H and O–H groups in total. The van der Waals surface area contributed by atoms with Crippen LogP contribution in [0.5, 0.6) is 0 Å². The van der Waals surface area contributed by atoms with Crippen molar-refractivity contribution in [2.75, 3.05) is 26.2 Å². The number of hydrogen-bond donors (Lipinski definition) is 1. The van der Waals surface area contributed by atoms with Gasteiger partial charge in [0, 0.05) is 39.5 Å². The van der Waals surface area contributed by atoms with E-state index in [9.17, 15) is 14.4 Å². The van der Waals surface area contributed by atoms with Crippen LogP contribution in [-0.2, 0) is 16.0 Å². The van der Waals surface area contributed by atoms with Crippen molar-refractivity contribution in [2.45, 2.75) is 19.4 Å². The first-order valence-electron chi connectivity index (χ1n) is 8.97. The summed E-state index contributed by atoms with van der Waals surface area (Å²) in [6.45, 7) is 3.37. The molecule has 1 aromatic carbocycles. The lowest BCUT2D eigenvalue weighted by Crippen LogP contribution is -2.56. The van der Waals surface area contributed by atoms with Crippen LogP contribution in [0.15, 0.2) is 47.8 Å². The minimum Gasteiger partial charge on any atom is -0.344 e. The summed E-state index contributed by atoms with van der Waals surface area (Å²) >= 11 is 1.43. The van der Waals surface area contributed by atoms with Crippen LogP contribution in [0.3, 0.4) is 0 Å². The van der Waals surface area contributed by atoms with Crippen LogP contribution in [0.2, 0.25) is 0 Å². The Morgan fingerprint density at radius 3 is 2.26 bits per heavy atom. The number of carbonyl (C=O) groups excluding carboxylic acids is 3. The molecule has 7 heteroatoms. The van der Waals surface area contributed by atoms with Gasteiger partial charge in [0.15, 0.2) is 0 Å². The second kappa shape index (κ2) is 8.81. The van der Waals surface area contributed by atoms with Gasteiger partial charge in [-0.2, -0.15) is 0 Å². The lowest BCUT2D eigenvalue weighted by Gasteiger charge is -2.36. The van der Waals surface area contributed by atoms with Gasteiger partial charge < -0.3 is 15.1 Å². The molecule has 1 saturated heterocycles. The van der Waals surface area contributed by atoms with E-state index in [2.05, 4.69) is 5.32 Å². The van der Waals surface area contributed by atoms with Crippen molar-refractivity contribution in [3.8, 4) is 0 Å². The Morgan fingerprint density at radius 1 is 1.00 bits per heavy atom. The molecule has 0 spiro atoms. The summed E-state index contributed by atoms with van der Waals surface area (Å²) in [5.41, 5.74) is 0.996. The summed E-state index contributed by atoms with van der Waals surface area (Å²) in [6, 6.07) is 12.7. The Morgan fingerprint density at radius 2 is 1.67 bits per heavy atom. The van der Waals surface area contributed by atoms with Gasteiger partial charge in [-0.3, -0.25) is 14.4 Å². The largest absolute Gasteiger partial charge is 0.344 e. The maximum Gasteiger partial charge on any atom is 0.264 e. The Hall–Kier alpha value is -2.67. The number of nitrogens with one attached hydrogen (secondary N) is 1. The van der Waals surface area contributed by atoms with Gasteiger partial charge in [0.1, 0.15) is 6.04 Å². The lowest BCUT2D eigenvalue weighted by atomic mass is 10.0. The van der Waals surface area contributed by atoms with Crippen LogP contribution in [0.4, 0.5) is 0 Å². The van der Waals surface area contributed by atoms with E-state index in [-0.39, 0.29) is 17.7 Å². The van der Waals surface area contributed by atoms with E-state index in [1.807, 2.05) is 47.8 Å². The molecule has 2 aromatic rings. The van der Waals surface area contributed by atoms with Crippen molar-refractivity contribution >= 4 is 29.1 Å². The fraction of sp³-hybridized carbons (Fsp3) is 0.350. The molecule has 1 fully saturated rings. The number of piperazine rings is 1. The highest BCUT2D eigenvalue weighted by Crippen LogP contribution is 2.15. The van der Waals surface area contributed by atoms with Crippen molar-refractivity contribution in [3.63, 3.8) is 0 Å². The Bertz CT molecular complexity index is 784. The van der Waals surface area contributed by atoms with Gasteiger partial charge in [0.2, 0.25) is 11.8 Å². The number of carbonyl (C=O) groups is 3. The standard InChI is InChI=1S/C20H23N3O3S/c1-15(24)21-17(14-16-6-3-2-4-7-16)19(25)22-9-11-23(12-10-22)20(26)18-8-5-13-27-18/h2-8,13,17H,9-12,14H2,1H3,(H,21,24)/t17-/m0/s1. The van der Waals surface area contributed by atoms with Gasteiger partial charge in [0.05, 0.1) is 4.88 Å². The van der Waals surface area contributed by atoms with Gasteiger partial charge in [-0.1, -0.05) is 36.4 Å². The highest BCUT2D eigenvalue weighted by molar-refractivity contribution is 7.12. The monoisotopic (exact) mass is 385 g/mol. The van der Waals surface area contributed by atoms with E-state index >= 15 is 0 Å². The molecule has 0 radical (unpaired) electrons. The summed E-state index contributed by atoms with van der Waals surface area (Å²) in [5, 5.41) is 4.66. The van der Waals surface area contributed by atoms with Crippen molar-refractivity contribution in [3.05, 3.63) is 58.3 Å². The number of benzene rings is 1. The van der Waals surface area contributed by atoms with Crippen molar-refractivity contribution in [2.24, 2.45) is 0 Å². The smallest absolute Gasteiger partial charge is 0.264 e. The molecule has 1 atom stereocenters. The van der Waals surface area contributed by atoms with Gasteiger partial charge in [-0.05, 0) is 17.0 Å². The van der Waals surface area contributed by atoms with Gasteiger partial charge in [-0.15, -0.1) is 11.3 Å². The van der Waals surface area contributed by atoms with Crippen LogP contribution >= 0.6 is 11.3 Å². The summed E-state index contributed by atoms with van der Waals surface area (Å²) in [6.07, 6.45) is 0.452. The zero-order chi connectivity index (χ0) is 19.2. The molecule has 142 valence electrons. The van der Waals surface area contributed by atoms with E-state index in [0.29, 0.717) is 32.6 Å². The Balaban J connectivity index is 1.61. The van der Waals surface area contributed by atoms with E-state index in [1.165, 1.54) is 18.3 Å². The fourth-order valence-corrected chi connectivity index (χ4v) is 3.89. The molecule has 3 rings (SSSR count). The molecule has 1 aliphatic heterocycles. The van der Waals surface area contributed by atoms with Crippen LogP contribution in [-0.4, -0.2) is 59.7 Å². The average Bonchev–Trinajstić information content (AvgIpc) is 3.22. The maximum absolute atomic E-state index is 13.0. The molecular formula is C20H23N3O3S. The number of hydrogen-bond acceptors (Lipinski definition) is 4. The molecule has 0 aliphatic carbocycles. The average molecular weight is 385 g/mol. The van der Waals surface area contributed by atoms with Crippen LogP contribution in [0.1, 0.15) is 22.2 Å². The van der Waals surface area contributed by atoms with Crippen LogP contribution < -0.4 is 5.32 Å². The number of rotatable bonds is 5. The highest BCUT2D eigenvalue weighted by atomic mass is 32.1. The SMILES string of the molecule is CC(=O)N[C@@H](Cc1ccccc1)C(=O)N1CCN(C(=O)c2cccs2)CC1. The molecule has 0 bridgehead atoms.